The third kappa shape index (κ3) is 5.14. The number of nitrogens with one attached hydrogen (secondary N) is 1. The summed E-state index contributed by atoms with van der Waals surface area (Å²) in [7, 11) is 1.51. The number of hydrogen-bond acceptors (Lipinski definition) is 11. The van der Waals surface area contributed by atoms with Crippen LogP contribution in [0.5, 0.6) is 0 Å². The highest BCUT2D eigenvalue weighted by molar-refractivity contribution is 6.25. The van der Waals surface area contributed by atoms with Gasteiger partial charge in [-0.15, -0.1) is 0 Å². The number of carbonyl (C=O) groups excluding carboxylic acids is 2. The van der Waals surface area contributed by atoms with Gasteiger partial charge in [0.05, 0.1) is 24.3 Å². The Morgan fingerprint density at radius 1 is 1.17 bits per heavy atom. The van der Waals surface area contributed by atoms with Crippen molar-refractivity contribution in [1.29, 1.82) is 0 Å². The van der Waals surface area contributed by atoms with Crippen molar-refractivity contribution in [3.8, 4) is 0 Å². The molecule has 0 unspecified atom stereocenters. The van der Waals surface area contributed by atoms with E-state index in [1.165, 1.54) is 19.6 Å². The average molecular weight is 482 g/mol. The van der Waals surface area contributed by atoms with Crippen LogP contribution in [0.3, 0.4) is 0 Å². The second kappa shape index (κ2) is 11.0. The van der Waals surface area contributed by atoms with Gasteiger partial charge in [0.15, 0.2) is 0 Å². The zero-order valence-electron chi connectivity index (χ0n) is 19.6. The first-order valence-corrected chi connectivity index (χ1v) is 11.3. The van der Waals surface area contributed by atoms with Gasteiger partial charge in [-0.05, 0) is 25.1 Å². The van der Waals surface area contributed by atoms with Crippen LogP contribution in [0.15, 0.2) is 52.9 Å². The molecule has 1 aliphatic heterocycles. The molecule has 1 fully saturated rings. The van der Waals surface area contributed by atoms with E-state index in [9.17, 15) is 9.59 Å². The SMILES string of the molecule is CO[NH3+].NC1=C(NCCCN2CCN(c3nccc4occc34)CC2)C(=O)c2ncncc2C1=O. The van der Waals surface area contributed by atoms with E-state index in [0.29, 0.717) is 6.54 Å². The molecule has 0 atom stereocenters. The van der Waals surface area contributed by atoms with Crippen LogP contribution in [0.25, 0.3) is 11.0 Å². The first-order valence-electron chi connectivity index (χ1n) is 11.3. The Bertz CT molecular complexity index is 1230. The highest BCUT2D eigenvalue weighted by Crippen LogP contribution is 2.26. The molecule has 3 aromatic heterocycles. The van der Waals surface area contributed by atoms with E-state index >= 15 is 0 Å². The maximum absolute atomic E-state index is 12.6. The van der Waals surface area contributed by atoms with Gasteiger partial charge in [-0.1, -0.05) is 0 Å². The smallest absolute Gasteiger partial charge is 0.230 e. The van der Waals surface area contributed by atoms with Crippen molar-refractivity contribution >= 4 is 28.4 Å². The number of Topliss-reactive ketones (excluding diaryl/α,β-unsaturated/α-hetero) is 2. The first kappa shape index (κ1) is 24.3. The number of furan rings is 1. The molecular formula is C23H29N8O4+. The van der Waals surface area contributed by atoms with Gasteiger partial charge in [0.1, 0.15) is 34.8 Å². The molecule has 4 heterocycles. The van der Waals surface area contributed by atoms with Crippen LogP contribution in [0.1, 0.15) is 27.3 Å². The van der Waals surface area contributed by atoms with Gasteiger partial charge in [-0.3, -0.25) is 14.5 Å². The normalized spacial score (nSPS) is 16.2. The van der Waals surface area contributed by atoms with Crippen molar-refractivity contribution < 1.29 is 24.7 Å². The van der Waals surface area contributed by atoms with E-state index in [0.717, 1.165) is 55.9 Å². The molecule has 184 valence electrons. The van der Waals surface area contributed by atoms with Crippen molar-refractivity contribution in [2.75, 3.05) is 51.3 Å². The summed E-state index contributed by atoms with van der Waals surface area (Å²) in [5.74, 6) is 3.17. The lowest BCUT2D eigenvalue weighted by Crippen LogP contribution is -2.47. The van der Waals surface area contributed by atoms with E-state index in [1.54, 1.807) is 12.5 Å². The predicted molar refractivity (Wildman–Crippen MR) is 127 cm³/mol. The summed E-state index contributed by atoms with van der Waals surface area (Å²) in [4.78, 5) is 46.0. The van der Waals surface area contributed by atoms with Crippen LogP contribution in [0.4, 0.5) is 5.82 Å². The third-order valence-corrected chi connectivity index (χ3v) is 5.90. The fraction of sp³-hybridized carbons (Fsp3) is 0.348. The Morgan fingerprint density at radius 3 is 2.71 bits per heavy atom. The van der Waals surface area contributed by atoms with Crippen molar-refractivity contribution in [1.82, 2.24) is 25.2 Å². The molecular weight excluding hydrogens is 452 g/mol. The van der Waals surface area contributed by atoms with E-state index in [1.807, 2.05) is 12.1 Å². The Labute approximate surface area is 201 Å². The zero-order valence-corrected chi connectivity index (χ0v) is 19.6. The molecule has 3 aromatic rings. The van der Waals surface area contributed by atoms with E-state index in [2.05, 4.69) is 40.8 Å². The lowest BCUT2D eigenvalue weighted by atomic mass is 9.96. The van der Waals surface area contributed by atoms with Crippen molar-refractivity contribution in [3.63, 3.8) is 0 Å². The fourth-order valence-corrected chi connectivity index (χ4v) is 4.18. The number of quaternary nitrogens is 1. The number of nitrogens with zero attached hydrogens (tertiary/aromatic N) is 5. The Hall–Kier alpha value is -3.87. The average Bonchev–Trinajstić information content (AvgIpc) is 3.37. The molecule has 0 bridgehead atoms. The standard InChI is InChI=1S/C22H23N7O3.CH6NO/c23-17-19(21(31)18-15(20(17)30)12-24-13-27-18)25-4-1-6-28-7-9-29(10-8-28)22-14-3-11-32-16(14)2-5-26-22;1-3-2/h2-3,5,11-13,25H,1,4,6-10,23H2;1-2H3/q;+1. The molecule has 12 nitrogen and oxygen atoms in total. The summed E-state index contributed by atoms with van der Waals surface area (Å²) in [6, 6.07) is 3.83. The second-order valence-corrected chi connectivity index (χ2v) is 8.10. The molecule has 6 N–H and O–H groups in total. The molecule has 0 amide bonds. The Kier molecular flexibility index (Phi) is 7.65. The number of anilines is 1. The molecule has 1 saturated heterocycles. The van der Waals surface area contributed by atoms with Gasteiger partial charge in [0.25, 0.3) is 0 Å². The molecule has 5 rings (SSSR count). The fourth-order valence-electron chi connectivity index (χ4n) is 4.18. The molecule has 0 saturated carbocycles. The number of ketones is 2. The molecule has 1 aliphatic carbocycles. The van der Waals surface area contributed by atoms with Crippen LogP contribution in [0, 0.1) is 0 Å². The predicted octanol–water partition coefficient (Wildman–Crippen LogP) is -0.241. The number of hydrogen-bond donors (Lipinski definition) is 3. The van der Waals surface area contributed by atoms with Crippen LogP contribution < -0.4 is 21.8 Å². The number of pyridine rings is 1. The highest BCUT2D eigenvalue weighted by Gasteiger charge is 2.32. The van der Waals surface area contributed by atoms with Crippen LogP contribution in [0.2, 0.25) is 0 Å². The third-order valence-electron chi connectivity index (χ3n) is 5.90. The number of aromatic nitrogens is 3. The van der Waals surface area contributed by atoms with Crippen LogP contribution in [-0.2, 0) is 4.84 Å². The van der Waals surface area contributed by atoms with Crippen molar-refractivity contribution in [2.24, 2.45) is 5.73 Å². The quantitative estimate of drug-likeness (QED) is 0.314. The molecule has 0 spiro atoms. The topological polar surface area (TPSA) is 167 Å². The number of allylic oxidation sites excluding steroid dienone is 2. The van der Waals surface area contributed by atoms with E-state index in [4.69, 9.17) is 10.2 Å². The minimum absolute atomic E-state index is 0.0770. The van der Waals surface area contributed by atoms with E-state index in [-0.39, 0.29) is 28.4 Å². The van der Waals surface area contributed by atoms with Gasteiger partial charge >= 0.3 is 0 Å². The maximum atomic E-state index is 12.6. The Balaban J connectivity index is 0.000000917. The lowest BCUT2D eigenvalue weighted by molar-refractivity contribution is -0.679. The van der Waals surface area contributed by atoms with Gasteiger partial charge in [-0.25, -0.2) is 25.7 Å². The minimum Gasteiger partial charge on any atom is -0.464 e. The number of rotatable bonds is 6. The molecule has 0 radical (unpaired) electrons. The zero-order chi connectivity index (χ0) is 24.8. The first-order chi connectivity index (χ1) is 17.0. The Morgan fingerprint density at radius 2 is 1.94 bits per heavy atom. The van der Waals surface area contributed by atoms with Crippen molar-refractivity contribution in [3.05, 3.63) is 59.8 Å². The summed E-state index contributed by atoms with van der Waals surface area (Å²) >= 11 is 0. The van der Waals surface area contributed by atoms with Crippen molar-refractivity contribution in [2.45, 2.75) is 6.42 Å². The molecule has 12 heteroatoms. The summed E-state index contributed by atoms with van der Waals surface area (Å²) in [6.07, 6.45) is 6.86. The lowest BCUT2D eigenvalue weighted by Gasteiger charge is -2.35. The molecule has 2 aliphatic rings. The number of fused-ring (bicyclic) bond motifs is 2. The molecule has 35 heavy (non-hydrogen) atoms. The maximum Gasteiger partial charge on any atom is 0.230 e. The monoisotopic (exact) mass is 481 g/mol. The van der Waals surface area contributed by atoms with Gasteiger partial charge in [-0.2, -0.15) is 0 Å². The highest BCUT2D eigenvalue weighted by atomic mass is 16.6. The summed E-state index contributed by atoms with van der Waals surface area (Å²) in [5.41, 5.74) is 7.07. The number of nitrogens with two attached hydrogens (primary N) is 1. The summed E-state index contributed by atoms with van der Waals surface area (Å²) in [5, 5.41) is 4.09. The largest absolute Gasteiger partial charge is 0.464 e. The molecule has 0 aromatic carbocycles. The van der Waals surface area contributed by atoms with Crippen LogP contribution in [-0.4, -0.2) is 77.8 Å². The second-order valence-electron chi connectivity index (χ2n) is 8.10. The number of carbonyl (C=O) groups is 2. The number of piperazine rings is 1. The summed E-state index contributed by atoms with van der Waals surface area (Å²) < 4.78 is 5.48. The van der Waals surface area contributed by atoms with Gasteiger partial charge in [0.2, 0.25) is 11.6 Å². The van der Waals surface area contributed by atoms with Gasteiger partial charge < -0.3 is 20.4 Å². The summed E-state index contributed by atoms with van der Waals surface area (Å²) in [6.45, 7) is 5.01. The van der Waals surface area contributed by atoms with Gasteiger partial charge in [0, 0.05) is 45.1 Å². The minimum atomic E-state index is -0.417. The van der Waals surface area contributed by atoms with Crippen LogP contribution >= 0.6 is 0 Å². The van der Waals surface area contributed by atoms with E-state index < -0.39 is 5.78 Å².